The molecule has 0 bridgehead atoms. The molecule has 2 N–H and O–H groups in total. The second-order valence-corrected chi connectivity index (χ2v) is 7.76. The van der Waals surface area contributed by atoms with Crippen LogP contribution in [0.4, 0.5) is 5.82 Å². The highest BCUT2D eigenvalue weighted by Gasteiger charge is 2.21. The van der Waals surface area contributed by atoms with E-state index >= 15 is 0 Å². The van der Waals surface area contributed by atoms with Gasteiger partial charge in [0.1, 0.15) is 5.82 Å². The predicted octanol–water partition coefficient (Wildman–Crippen LogP) is 4.44. The van der Waals surface area contributed by atoms with Crippen molar-refractivity contribution in [1.29, 1.82) is 0 Å². The first-order valence-electron chi connectivity index (χ1n) is 8.09. The molecule has 21 heavy (non-hydrogen) atoms. The van der Waals surface area contributed by atoms with Crippen LogP contribution in [0, 0.1) is 17.8 Å². The van der Waals surface area contributed by atoms with Crippen LogP contribution in [0.3, 0.4) is 0 Å². The Morgan fingerprint density at radius 1 is 1.24 bits per heavy atom. The van der Waals surface area contributed by atoms with E-state index in [1.54, 1.807) is 0 Å². The van der Waals surface area contributed by atoms with Crippen molar-refractivity contribution in [2.24, 2.45) is 17.8 Å². The van der Waals surface area contributed by atoms with E-state index in [1.807, 2.05) is 6.20 Å². The lowest BCUT2D eigenvalue weighted by Crippen LogP contribution is -2.26. The molecule has 1 saturated carbocycles. The molecule has 0 radical (unpaired) electrons. The van der Waals surface area contributed by atoms with Gasteiger partial charge in [0.15, 0.2) is 0 Å². The van der Waals surface area contributed by atoms with Gasteiger partial charge < -0.3 is 10.6 Å². The smallest absolute Gasteiger partial charge is 0.130 e. The van der Waals surface area contributed by atoms with Crippen LogP contribution in [0.15, 0.2) is 16.7 Å². The lowest BCUT2D eigenvalue weighted by atomic mass is 9.85. The van der Waals surface area contributed by atoms with Gasteiger partial charge in [-0.15, -0.1) is 0 Å². The number of halogens is 1. The molecule has 0 spiro atoms. The number of rotatable bonds is 8. The molecule has 3 nitrogen and oxygen atoms in total. The maximum atomic E-state index is 4.57. The summed E-state index contributed by atoms with van der Waals surface area (Å²) in [6.45, 7) is 11.1. The molecule has 0 saturated heterocycles. The first kappa shape index (κ1) is 16.8. The van der Waals surface area contributed by atoms with Gasteiger partial charge in [-0.3, -0.25) is 0 Å². The van der Waals surface area contributed by atoms with E-state index < -0.39 is 0 Å². The van der Waals surface area contributed by atoms with Crippen molar-refractivity contribution >= 4 is 21.7 Å². The summed E-state index contributed by atoms with van der Waals surface area (Å²) in [6, 6.07) is 2.89. The molecule has 1 fully saturated rings. The van der Waals surface area contributed by atoms with Crippen LogP contribution in [-0.4, -0.2) is 17.6 Å². The Morgan fingerprint density at radius 3 is 2.48 bits per heavy atom. The number of aromatic nitrogens is 1. The van der Waals surface area contributed by atoms with Gasteiger partial charge in [0, 0.05) is 35.4 Å². The molecule has 1 aliphatic carbocycles. The zero-order chi connectivity index (χ0) is 15.4. The zero-order valence-corrected chi connectivity index (χ0v) is 15.2. The van der Waals surface area contributed by atoms with Gasteiger partial charge in [-0.25, -0.2) is 4.98 Å². The third kappa shape index (κ3) is 5.26. The third-order valence-electron chi connectivity index (χ3n) is 4.31. The number of nitrogens with zero attached hydrogens (tertiary/aromatic N) is 1. The van der Waals surface area contributed by atoms with Crippen LogP contribution in [0.25, 0.3) is 0 Å². The highest BCUT2D eigenvalue weighted by Crippen LogP contribution is 2.24. The maximum absolute atomic E-state index is 4.57. The average Bonchev–Trinajstić information content (AvgIpc) is 3.21. The fourth-order valence-corrected chi connectivity index (χ4v) is 3.15. The number of nitrogens with one attached hydrogen (secondary N) is 2. The van der Waals surface area contributed by atoms with Gasteiger partial charge in [-0.2, -0.15) is 0 Å². The lowest BCUT2D eigenvalue weighted by Gasteiger charge is -2.26. The number of hydrogen-bond acceptors (Lipinski definition) is 3. The normalized spacial score (nSPS) is 15.2. The number of hydrogen-bond donors (Lipinski definition) is 2. The summed E-state index contributed by atoms with van der Waals surface area (Å²) in [7, 11) is 0. The van der Waals surface area contributed by atoms with Crippen molar-refractivity contribution in [2.45, 2.75) is 53.1 Å². The Morgan fingerprint density at radius 2 is 1.90 bits per heavy atom. The van der Waals surface area contributed by atoms with E-state index in [1.165, 1.54) is 18.4 Å². The minimum atomic E-state index is 0.666. The Balaban J connectivity index is 2.00. The second-order valence-electron chi connectivity index (χ2n) is 6.85. The van der Waals surface area contributed by atoms with Crippen LogP contribution in [0.5, 0.6) is 0 Å². The van der Waals surface area contributed by atoms with E-state index in [9.17, 15) is 0 Å². The predicted molar refractivity (Wildman–Crippen MR) is 93.5 cm³/mol. The molecule has 0 unspecified atom stereocenters. The van der Waals surface area contributed by atoms with Crippen molar-refractivity contribution in [2.75, 3.05) is 11.9 Å². The Hall–Kier alpha value is -0.610. The minimum Gasteiger partial charge on any atom is -0.370 e. The van der Waals surface area contributed by atoms with Crippen molar-refractivity contribution < 1.29 is 0 Å². The SMILES string of the molecule is CC(C)C(CNc1ncc(Br)cc1CNC1CC1)C(C)C. The van der Waals surface area contributed by atoms with Crippen molar-refractivity contribution in [3.63, 3.8) is 0 Å². The van der Waals surface area contributed by atoms with Crippen molar-refractivity contribution in [1.82, 2.24) is 10.3 Å². The van der Waals surface area contributed by atoms with Crippen LogP contribution in [0.1, 0.15) is 46.1 Å². The summed E-state index contributed by atoms with van der Waals surface area (Å²) < 4.78 is 1.05. The van der Waals surface area contributed by atoms with Gasteiger partial charge in [0.2, 0.25) is 0 Å². The van der Waals surface area contributed by atoms with E-state index in [2.05, 4.69) is 65.3 Å². The van der Waals surface area contributed by atoms with Gasteiger partial charge >= 0.3 is 0 Å². The molecule has 1 aromatic rings. The van der Waals surface area contributed by atoms with Gasteiger partial charge in [-0.1, -0.05) is 27.7 Å². The highest BCUT2D eigenvalue weighted by molar-refractivity contribution is 9.10. The highest BCUT2D eigenvalue weighted by atomic mass is 79.9. The van der Waals surface area contributed by atoms with Gasteiger partial charge in [0.05, 0.1) is 0 Å². The average molecular weight is 354 g/mol. The van der Waals surface area contributed by atoms with Crippen LogP contribution in [-0.2, 0) is 6.54 Å². The topological polar surface area (TPSA) is 37.0 Å². The fourth-order valence-electron chi connectivity index (χ4n) is 2.77. The molecule has 0 aromatic carbocycles. The first-order valence-corrected chi connectivity index (χ1v) is 8.88. The standard InChI is InChI=1S/C17H28BrN3/c1-11(2)16(12(3)4)10-21-17-13(7-14(18)9-20-17)8-19-15-5-6-15/h7,9,11-12,15-16,19H,5-6,8,10H2,1-4H3,(H,20,21). The lowest BCUT2D eigenvalue weighted by molar-refractivity contribution is 0.304. The van der Waals surface area contributed by atoms with E-state index in [4.69, 9.17) is 0 Å². The summed E-state index contributed by atoms with van der Waals surface area (Å²) in [4.78, 5) is 4.57. The monoisotopic (exact) mass is 353 g/mol. The Bertz CT molecular complexity index is 447. The molecule has 0 atom stereocenters. The molecule has 1 heterocycles. The maximum Gasteiger partial charge on any atom is 0.130 e. The number of pyridine rings is 1. The van der Waals surface area contributed by atoms with E-state index in [0.717, 1.165) is 29.4 Å². The molecule has 1 aliphatic rings. The first-order chi connectivity index (χ1) is 9.97. The summed E-state index contributed by atoms with van der Waals surface area (Å²) >= 11 is 3.53. The molecule has 118 valence electrons. The molecule has 0 aliphatic heterocycles. The number of anilines is 1. The van der Waals surface area contributed by atoms with E-state index in [-0.39, 0.29) is 0 Å². The molecule has 1 aromatic heterocycles. The van der Waals surface area contributed by atoms with Crippen LogP contribution >= 0.6 is 15.9 Å². The quantitative estimate of drug-likeness (QED) is 0.725. The van der Waals surface area contributed by atoms with Crippen molar-refractivity contribution in [3.05, 3.63) is 22.3 Å². The summed E-state index contributed by atoms with van der Waals surface area (Å²) in [5.41, 5.74) is 1.25. The molecular formula is C17H28BrN3. The molecular weight excluding hydrogens is 326 g/mol. The van der Waals surface area contributed by atoms with Crippen LogP contribution < -0.4 is 10.6 Å². The fraction of sp³-hybridized carbons (Fsp3) is 0.706. The Labute approximate surface area is 137 Å². The van der Waals surface area contributed by atoms with E-state index in [0.29, 0.717) is 17.8 Å². The second kappa shape index (κ2) is 7.59. The largest absolute Gasteiger partial charge is 0.370 e. The molecule has 4 heteroatoms. The zero-order valence-electron chi connectivity index (χ0n) is 13.6. The minimum absolute atomic E-state index is 0.666. The molecule has 2 rings (SSSR count). The van der Waals surface area contributed by atoms with Crippen LogP contribution in [0.2, 0.25) is 0 Å². The summed E-state index contributed by atoms with van der Waals surface area (Å²) in [6.07, 6.45) is 4.50. The van der Waals surface area contributed by atoms with Gasteiger partial charge in [0.25, 0.3) is 0 Å². The van der Waals surface area contributed by atoms with Gasteiger partial charge in [-0.05, 0) is 52.6 Å². The molecule has 0 amide bonds. The summed E-state index contributed by atoms with van der Waals surface area (Å²) in [5.74, 6) is 3.05. The third-order valence-corrected chi connectivity index (χ3v) is 4.74. The Kier molecular flexibility index (Phi) is 6.06. The van der Waals surface area contributed by atoms with Crippen molar-refractivity contribution in [3.8, 4) is 0 Å². The summed E-state index contributed by atoms with van der Waals surface area (Å²) in [5, 5.41) is 7.15.